The van der Waals surface area contributed by atoms with Crippen LogP contribution in [0.2, 0.25) is 5.02 Å². The number of benzene rings is 2. The Morgan fingerprint density at radius 3 is 2.86 bits per heavy atom. The van der Waals surface area contributed by atoms with Crippen molar-refractivity contribution in [3.8, 4) is 23.0 Å². The molecule has 8 heteroatoms. The topological polar surface area (TPSA) is 86.5 Å². The van der Waals surface area contributed by atoms with E-state index in [4.69, 9.17) is 25.5 Å². The lowest BCUT2D eigenvalue weighted by molar-refractivity contribution is 0.102. The van der Waals surface area contributed by atoms with E-state index in [1.807, 2.05) is 0 Å². The highest BCUT2D eigenvalue weighted by atomic mass is 35.5. The number of ether oxygens (including phenoxy) is 2. The van der Waals surface area contributed by atoms with Gasteiger partial charge in [0.05, 0.1) is 10.6 Å². The zero-order valence-corrected chi connectivity index (χ0v) is 15.1. The third-order valence-electron chi connectivity index (χ3n) is 4.25. The number of halogens is 1. The van der Waals surface area contributed by atoms with Crippen molar-refractivity contribution in [3.63, 3.8) is 0 Å². The molecule has 28 heavy (non-hydrogen) atoms. The predicted molar refractivity (Wildman–Crippen MR) is 103 cm³/mol. The van der Waals surface area contributed by atoms with Crippen molar-refractivity contribution in [2.24, 2.45) is 0 Å². The third-order valence-corrected chi connectivity index (χ3v) is 4.58. The molecule has 3 heterocycles. The molecule has 7 nitrogen and oxygen atoms in total. The zero-order valence-electron chi connectivity index (χ0n) is 14.3. The highest BCUT2D eigenvalue weighted by Gasteiger charge is 2.17. The summed E-state index contributed by atoms with van der Waals surface area (Å²) in [6.07, 6.45) is 1.64. The van der Waals surface area contributed by atoms with Crippen LogP contribution in [0.5, 0.6) is 11.5 Å². The van der Waals surface area contributed by atoms with E-state index >= 15 is 0 Å². The van der Waals surface area contributed by atoms with Crippen LogP contribution in [-0.2, 0) is 0 Å². The van der Waals surface area contributed by atoms with Crippen LogP contribution in [0.4, 0.5) is 5.69 Å². The van der Waals surface area contributed by atoms with Crippen molar-refractivity contribution in [3.05, 3.63) is 65.3 Å². The van der Waals surface area contributed by atoms with Crippen LogP contribution in [-0.4, -0.2) is 22.7 Å². The monoisotopic (exact) mass is 393 g/mol. The Balaban J connectivity index is 1.44. The Morgan fingerprint density at radius 2 is 1.96 bits per heavy atom. The van der Waals surface area contributed by atoms with E-state index in [0.717, 1.165) is 0 Å². The summed E-state index contributed by atoms with van der Waals surface area (Å²) in [6.45, 7) is 0.153. The molecular formula is C20H12ClN3O4. The van der Waals surface area contributed by atoms with Gasteiger partial charge in [-0.1, -0.05) is 11.6 Å². The molecule has 138 valence electrons. The number of anilines is 1. The minimum Gasteiger partial charge on any atom is -0.454 e. The van der Waals surface area contributed by atoms with Crippen LogP contribution < -0.4 is 14.8 Å². The Hall–Kier alpha value is -3.58. The molecule has 0 unspecified atom stereocenters. The summed E-state index contributed by atoms with van der Waals surface area (Å²) in [5, 5.41) is 3.29. The van der Waals surface area contributed by atoms with Gasteiger partial charge in [0.25, 0.3) is 5.91 Å². The van der Waals surface area contributed by atoms with Gasteiger partial charge in [-0.25, -0.2) is 4.98 Å². The van der Waals surface area contributed by atoms with E-state index in [1.54, 1.807) is 54.7 Å². The van der Waals surface area contributed by atoms with Crippen LogP contribution in [0.15, 0.2) is 59.1 Å². The quantitative estimate of drug-likeness (QED) is 0.550. The van der Waals surface area contributed by atoms with E-state index in [0.29, 0.717) is 50.5 Å². The minimum absolute atomic E-state index is 0.153. The van der Waals surface area contributed by atoms with E-state index in [9.17, 15) is 4.79 Å². The second kappa shape index (κ2) is 6.54. The number of rotatable bonds is 3. The molecule has 0 spiro atoms. The molecule has 1 amide bonds. The van der Waals surface area contributed by atoms with Gasteiger partial charge in [-0.05, 0) is 48.5 Å². The largest absolute Gasteiger partial charge is 0.454 e. The second-order valence-corrected chi connectivity index (χ2v) is 6.47. The highest BCUT2D eigenvalue weighted by Crippen LogP contribution is 2.34. The number of aromatic nitrogens is 2. The van der Waals surface area contributed by atoms with Crippen LogP contribution in [0.3, 0.4) is 0 Å². The number of hydrogen-bond donors (Lipinski definition) is 1. The third kappa shape index (κ3) is 2.91. The maximum Gasteiger partial charge on any atom is 0.255 e. The zero-order chi connectivity index (χ0) is 19.1. The Labute approximate surface area is 163 Å². The van der Waals surface area contributed by atoms with Crippen molar-refractivity contribution in [2.45, 2.75) is 0 Å². The van der Waals surface area contributed by atoms with E-state index in [-0.39, 0.29) is 12.7 Å². The SMILES string of the molecule is O=C(Nc1ccc(Cl)c(-c2nc3ncccc3o2)c1)c1ccc2c(c1)OCO2. The molecule has 0 atom stereocenters. The number of oxazole rings is 1. The lowest BCUT2D eigenvalue weighted by atomic mass is 10.1. The molecule has 0 radical (unpaired) electrons. The van der Waals surface area contributed by atoms with Gasteiger partial charge in [-0.3, -0.25) is 4.79 Å². The number of nitrogens with one attached hydrogen (secondary N) is 1. The summed E-state index contributed by atoms with van der Waals surface area (Å²) in [5.74, 6) is 1.21. The standard InChI is InChI=1S/C20H12ClN3O4/c21-14-5-4-12(9-13(14)20-24-18-16(28-20)2-1-7-22-18)23-19(25)11-3-6-15-17(8-11)27-10-26-15/h1-9H,10H2,(H,23,25). The van der Waals surface area contributed by atoms with Gasteiger partial charge in [0, 0.05) is 17.4 Å². The molecular weight excluding hydrogens is 382 g/mol. The maximum atomic E-state index is 12.6. The molecule has 0 fully saturated rings. The smallest absolute Gasteiger partial charge is 0.255 e. The van der Waals surface area contributed by atoms with Crippen molar-refractivity contribution in [1.82, 2.24) is 9.97 Å². The average Bonchev–Trinajstić information content (AvgIpc) is 3.35. The molecule has 1 aliphatic heterocycles. The van der Waals surface area contributed by atoms with Crippen molar-refractivity contribution in [2.75, 3.05) is 12.1 Å². The predicted octanol–water partition coefficient (Wildman–Crippen LogP) is 4.52. The van der Waals surface area contributed by atoms with Crippen LogP contribution in [0.1, 0.15) is 10.4 Å². The number of hydrogen-bond acceptors (Lipinski definition) is 6. The van der Waals surface area contributed by atoms with Crippen LogP contribution in [0, 0.1) is 0 Å². The summed E-state index contributed by atoms with van der Waals surface area (Å²) < 4.78 is 16.3. The maximum absolute atomic E-state index is 12.6. The minimum atomic E-state index is -0.286. The lowest BCUT2D eigenvalue weighted by Gasteiger charge is -2.08. The van der Waals surface area contributed by atoms with Gasteiger partial charge in [0.15, 0.2) is 22.7 Å². The molecule has 1 aliphatic rings. The lowest BCUT2D eigenvalue weighted by Crippen LogP contribution is -2.11. The molecule has 0 saturated carbocycles. The summed E-state index contributed by atoms with van der Waals surface area (Å²) >= 11 is 6.31. The molecule has 1 N–H and O–H groups in total. The summed E-state index contributed by atoms with van der Waals surface area (Å²) in [7, 11) is 0. The number of nitrogens with zero attached hydrogens (tertiary/aromatic N) is 2. The van der Waals surface area contributed by atoms with Crippen LogP contribution >= 0.6 is 11.6 Å². The number of carbonyl (C=O) groups excluding carboxylic acids is 1. The van der Waals surface area contributed by atoms with E-state index < -0.39 is 0 Å². The summed E-state index contributed by atoms with van der Waals surface area (Å²) in [6, 6.07) is 13.6. The van der Waals surface area contributed by atoms with Gasteiger partial charge in [0.1, 0.15) is 0 Å². The molecule has 2 aromatic heterocycles. The fourth-order valence-corrected chi connectivity index (χ4v) is 3.09. The normalized spacial score (nSPS) is 12.3. The van der Waals surface area contributed by atoms with Gasteiger partial charge in [-0.15, -0.1) is 0 Å². The van der Waals surface area contributed by atoms with Gasteiger partial charge >= 0.3 is 0 Å². The first-order valence-electron chi connectivity index (χ1n) is 8.40. The molecule has 0 bridgehead atoms. The van der Waals surface area contributed by atoms with Gasteiger partial charge in [-0.2, -0.15) is 4.98 Å². The highest BCUT2D eigenvalue weighted by molar-refractivity contribution is 6.33. The fraction of sp³-hybridized carbons (Fsp3) is 0.0500. The first kappa shape index (κ1) is 16.6. The van der Waals surface area contributed by atoms with E-state index in [2.05, 4.69) is 15.3 Å². The van der Waals surface area contributed by atoms with Crippen molar-refractivity contribution < 1.29 is 18.7 Å². The van der Waals surface area contributed by atoms with Crippen molar-refractivity contribution >= 4 is 34.4 Å². The van der Waals surface area contributed by atoms with Crippen molar-refractivity contribution in [1.29, 1.82) is 0 Å². The first-order chi connectivity index (χ1) is 13.7. The molecule has 0 saturated heterocycles. The summed E-state index contributed by atoms with van der Waals surface area (Å²) in [4.78, 5) is 21.1. The number of pyridine rings is 1. The molecule has 0 aliphatic carbocycles. The Morgan fingerprint density at radius 1 is 1.07 bits per heavy atom. The Kier molecular flexibility index (Phi) is 3.87. The van der Waals surface area contributed by atoms with Gasteiger partial charge < -0.3 is 19.2 Å². The van der Waals surface area contributed by atoms with Crippen LogP contribution in [0.25, 0.3) is 22.7 Å². The number of amides is 1. The Bertz CT molecular complexity index is 1190. The average molecular weight is 394 g/mol. The number of fused-ring (bicyclic) bond motifs is 2. The first-order valence-corrected chi connectivity index (χ1v) is 8.78. The fourth-order valence-electron chi connectivity index (χ4n) is 2.89. The molecule has 2 aromatic carbocycles. The number of carbonyl (C=O) groups is 1. The van der Waals surface area contributed by atoms with E-state index in [1.165, 1.54) is 0 Å². The second-order valence-electron chi connectivity index (χ2n) is 6.06. The molecule has 5 rings (SSSR count). The van der Waals surface area contributed by atoms with Gasteiger partial charge in [0.2, 0.25) is 12.7 Å². The summed E-state index contributed by atoms with van der Waals surface area (Å²) in [5.41, 5.74) is 2.61. The molecule has 4 aromatic rings.